The van der Waals surface area contributed by atoms with Crippen LogP contribution in [0.3, 0.4) is 0 Å². The van der Waals surface area contributed by atoms with Crippen molar-refractivity contribution < 1.29 is 19.1 Å². The lowest BCUT2D eigenvalue weighted by atomic mass is 9.79. The number of rotatable bonds is 5. The third kappa shape index (κ3) is 4.80. The monoisotopic (exact) mass is 392 g/mol. The Balaban J connectivity index is 1.54. The minimum Gasteiger partial charge on any atom is -0.455 e. The summed E-state index contributed by atoms with van der Waals surface area (Å²) in [7, 11) is 0. The van der Waals surface area contributed by atoms with Gasteiger partial charge in [0.1, 0.15) is 0 Å². The van der Waals surface area contributed by atoms with Gasteiger partial charge in [-0.2, -0.15) is 0 Å². The molecule has 146 valence electrons. The summed E-state index contributed by atoms with van der Waals surface area (Å²) >= 11 is 5.95. The second-order valence-corrected chi connectivity index (χ2v) is 7.81. The van der Waals surface area contributed by atoms with Crippen molar-refractivity contribution in [2.75, 3.05) is 6.61 Å². The standard InChI is InChI=1S/C20H25ClN2O4/c21-15-9-7-14(8-10-15)20(11-3-4-12-20)18(25)27-13-17(24)23-19(26)22-16-5-1-2-6-16/h7-10,16H,1-6,11-13H2,(H2,22,23,24,26). The van der Waals surface area contributed by atoms with E-state index in [1.807, 2.05) is 12.1 Å². The summed E-state index contributed by atoms with van der Waals surface area (Å²) in [5.41, 5.74) is 0.116. The van der Waals surface area contributed by atoms with Crippen LogP contribution in [0.4, 0.5) is 4.79 Å². The molecule has 0 spiro atoms. The minimum absolute atomic E-state index is 0.118. The molecular formula is C20H25ClN2O4. The second kappa shape index (κ2) is 8.74. The van der Waals surface area contributed by atoms with Crippen molar-refractivity contribution in [1.82, 2.24) is 10.6 Å². The molecular weight excluding hydrogens is 368 g/mol. The largest absolute Gasteiger partial charge is 0.455 e. The van der Waals surface area contributed by atoms with Gasteiger partial charge in [0, 0.05) is 11.1 Å². The molecule has 2 N–H and O–H groups in total. The van der Waals surface area contributed by atoms with Crippen molar-refractivity contribution in [1.29, 1.82) is 0 Å². The number of halogens is 1. The smallest absolute Gasteiger partial charge is 0.321 e. The van der Waals surface area contributed by atoms with Gasteiger partial charge in [0.2, 0.25) is 0 Å². The SMILES string of the molecule is O=C(COC(=O)C1(c2ccc(Cl)cc2)CCCC1)NC(=O)NC1CCCC1. The lowest BCUT2D eigenvalue weighted by molar-refractivity contribution is -0.154. The first-order valence-electron chi connectivity index (χ1n) is 9.53. The van der Waals surface area contributed by atoms with Crippen LogP contribution in [0.15, 0.2) is 24.3 Å². The molecule has 27 heavy (non-hydrogen) atoms. The highest BCUT2D eigenvalue weighted by molar-refractivity contribution is 6.30. The molecule has 3 amide bonds. The van der Waals surface area contributed by atoms with Crippen molar-refractivity contribution in [2.24, 2.45) is 0 Å². The van der Waals surface area contributed by atoms with Gasteiger partial charge in [0.05, 0.1) is 5.41 Å². The molecule has 2 fully saturated rings. The van der Waals surface area contributed by atoms with Crippen LogP contribution in [0.2, 0.25) is 5.02 Å². The number of benzene rings is 1. The molecule has 6 nitrogen and oxygen atoms in total. The summed E-state index contributed by atoms with van der Waals surface area (Å²) in [6.45, 7) is -0.466. The van der Waals surface area contributed by atoms with E-state index in [4.69, 9.17) is 16.3 Å². The van der Waals surface area contributed by atoms with Gasteiger partial charge in [0.25, 0.3) is 5.91 Å². The predicted octanol–water partition coefficient (Wildman–Crippen LogP) is 3.46. The van der Waals surface area contributed by atoms with E-state index in [0.717, 1.165) is 44.1 Å². The fraction of sp³-hybridized carbons (Fsp3) is 0.550. The first-order chi connectivity index (χ1) is 13.0. The molecule has 7 heteroatoms. The molecule has 0 aromatic heterocycles. The Bertz CT molecular complexity index is 692. The van der Waals surface area contributed by atoms with Gasteiger partial charge in [-0.3, -0.25) is 14.9 Å². The molecule has 1 aromatic rings. The van der Waals surface area contributed by atoms with Crippen LogP contribution in [0, 0.1) is 0 Å². The van der Waals surface area contributed by atoms with Crippen molar-refractivity contribution in [3.8, 4) is 0 Å². The quantitative estimate of drug-likeness (QED) is 0.751. The van der Waals surface area contributed by atoms with Crippen LogP contribution in [0.1, 0.15) is 56.9 Å². The van der Waals surface area contributed by atoms with Gasteiger partial charge in [-0.25, -0.2) is 4.79 Å². The second-order valence-electron chi connectivity index (χ2n) is 7.38. The number of esters is 1. The molecule has 0 unspecified atom stereocenters. The van der Waals surface area contributed by atoms with E-state index < -0.39 is 29.9 Å². The highest BCUT2D eigenvalue weighted by Crippen LogP contribution is 2.42. The van der Waals surface area contributed by atoms with E-state index >= 15 is 0 Å². The summed E-state index contributed by atoms with van der Waals surface area (Å²) < 4.78 is 5.28. The molecule has 0 saturated heterocycles. The van der Waals surface area contributed by atoms with Gasteiger partial charge in [-0.05, 0) is 43.4 Å². The van der Waals surface area contributed by atoms with E-state index in [1.165, 1.54) is 0 Å². The molecule has 3 rings (SSSR count). The molecule has 0 bridgehead atoms. The molecule has 0 radical (unpaired) electrons. The zero-order chi connectivity index (χ0) is 19.3. The van der Waals surface area contributed by atoms with Crippen molar-refractivity contribution >= 4 is 29.5 Å². The molecule has 0 aliphatic heterocycles. The molecule has 2 aliphatic carbocycles. The van der Waals surface area contributed by atoms with E-state index in [9.17, 15) is 14.4 Å². The maximum absolute atomic E-state index is 12.8. The maximum Gasteiger partial charge on any atom is 0.321 e. The number of ether oxygens (including phenoxy) is 1. The fourth-order valence-corrected chi connectivity index (χ4v) is 4.21. The summed E-state index contributed by atoms with van der Waals surface area (Å²) in [6, 6.07) is 6.77. The summed E-state index contributed by atoms with van der Waals surface area (Å²) in [5.74, 6) is -1.04. The van der Waals surface area contributed by atoms with Crippen molar-refractivity contribution in [3.63, 3.8) is 0 Å². The number of hydrogen-bond acceptors (Lipinski definition) is 4. The Morgan fingerprint density at radius 1 is 1.04 bits per heavy atom. The number of urea groups is 1. The van der Waals surface area contributed by atoms with Crippen LogP contribution in [0.5, 0.6) is 0 Å². The van der Waals surface area contributed by atoms with Crippen LogP contribution < -0.4 is 10.6 Å². The number of carbonyl (C=O) groups excluding carboxylic acids is 3. The van der Waals surface area contributed by atoms with Crippen LogP contribution in [-0.4, -0.2) is 30.6 Å². The van der Waals surface area contributed by atoms with Crippen LogP contribution in [0.25, 0.3) is 0 Å². The Kier molecular flexibility index (Phi) is 6.37. The Hall–Kier alpha value is -2.08. The molecule has 2 aliphatic rings. The normalized spacial score (nSPS) is 18.9. The van der Waals surface area contributed by atoms with Crippen LogP contribution >= 0.6 is 11.6 Å². The molecule has 1 aromatic carbocycles. The van der Waals surface area contributed by atoms with Gasteiger partial charge in [0.15, 0.2) is 6.61 Å². The fourth-order valence-electron chi connectivity index (χ4n) is 4.08. The third-order valence-electron chi connectivity index (χ3n) is 5.52. The van der Waals surface area contributed by atoms with E-state index in [-0.39, 0.29) is 6.04 Å². The third-order valence-corrected chi connectivity index (χ3v) is 5.77. The van der Waals surface area contributed by atoms with Crippen molar-refractivity contribution in [2.45, 2.75) is 62.8 Å². The lowest BCUT2D eigenvalue weighted by Gasteiger charge is -2.27. The molecule has 0 heterocycles. The zero-order valence-electron chi connectivity index (χ0n) is 15.3. The number of amides is 3. The topological polar surface area (TPSA) is 84.5 Å². The zero-order valence-corrected chi connectivity index (χ0v) is 16.0. The van der Waals surface area contributed by atoms with Crippen molar-refractivity contribution in [3.05, 3.63) is 34.9 Å². The number of imide groups is 1. The van der Waals surface area contributed by atoms with Gasteiger partial charge in [-0.1, -0.05) is 49.4 Å². The summed E-state index contributed by atoms with van der Waals surface area (Å²) in [4.78, 5) is 36.6. The maximum atomic E-state index is 12.8. The average molecular weight is 393 g/mol. The van der Waals surface area contributed by atoms with Gasteiger partial charge >= 0.3 is 12.0 Å². The molecule has 2 saturated carbocycles. The highest BCUT2D eigenvalue weighted by atomic mass is 35.5. The van der Waals surface area contributed by atoms with Gasteiger partial charge < -0.3 is 10.1 Å². The predicted molar refractivity (Wildman–Crippen MR) is 101 cm³/mol. The lowest BCUT2D eigenvalue weighted by Crippen LogP contribution is -2.45. The Morgan fingerprint density at radius 3 is 2.30 bits per heavy atom. The van der Waals surface area contributed by atoms with E-state index in [1.54, 1.807) is 12.1 Å². The number of nitrogens with one attached hydrogen (secondary N) is 2. The number of carbonyl (C=O) groups is 3. The minimum atomic E-state index is -0.739. The summed E-state index contributed by atoms with van der Waals surface area (Å²) in [6.07, 6.45) is 7.24. The van der Waals surface area contributed by atoms with E-state index in [0.29, 0.717) is 17.9 Å². The first-order valence-corrected chi connectivity index (χ1v) is 9.91. The number of hydrogen-bond donors (Lipinski definition) is 2. The average Bonchev–Trinajstić information content (AvgIpc) is 3.32. The molecule has 0 atom stereocenters. The highest BCUT2D eigenvalue weighted by Gasteiger charge is 2.44. The first kappa shape index (κ1) is 19.7. The Morgan fingerprint density at radius 2 is 1.67 bits per heavy atom. The Labute approximate surface area is 164 Å². The van der Waals surface area contributed by atoms with E-state index in [2.05, 4.69) is 10.6 Å². The van der Waals surface area contributed by atoms with Gasteiger partial charge in [-0.15, -0.1) is 0 Å². The van der Waals surface area contributed by atoms with Crippen LogP contribution in [-0.2, 0) is 19.7 Å². The summed E-state index contributed by atoms with van der Waals surface area (Å²) in [5, 5.41) is 5.60.